The first-order chi connectivity index (χ1) is 13.4. The standard InChI is InChI=1S/C20H24N2O5S/c1-26-18-9-10-19(27-2)17(14-18)8-11-20(23)21-12-13-28(24,25)22-15-16-6-4-3-5-7-16/h3-11,14,22H,12-13,15H2,1-2H3,(H,21,23)/b11-8+. The monoisotopic (exact) mass is 404 g/mol. The molecule has 0 aromatic heterocycles. The fraction of sp³-hybridized carbons (Fsp3) is 0.250. The van der Waals surface area contributed by atoms with Gasteiger partial charge in [0, 0.05) is 24.7 Å². The highest BCUT2D eigenvalue weighted by Crippen LogP contribution is 2.24. The average Bonchev–Trinajstić information content (AvgIpc) is 2.71. The van der Waals surface area contributed by atoms with Crippen molar-refractivity contribution in [3.8, 4) is 11.5 Å². The van der Waals surface area contributed by atoms with Crippen LogP contribution in [0.15, 0.2) is 54.6 Å². The molecule has 0 aliphatic heterocycles. The second-order valence-corrected chi connectivity index (χ2v) is 7.78. The van der Waals surface area contributed by atoms with Crippen LogP contribution < -0.4 is 19.5 Å². The van der Waals surface area contributed by atoms with E-state index >= 15 is 0 Å². The summed E-state index contributed by atoms with van der Waals surface area (Å²) in [6.45, 7) is 0.217. The minimum Gasteiger partial charge on any atom is -0.497 e. The minimum atomic E-state index is -3.49. The van der Waals surface area contributed by atoms with Gasteiger partial charge in [-0.2, -0.15) is 0 Å². The fourth-order valence-corrected chi connectivity index (χ4v) is 3.27. The molecule has 0 saturated carbocycles. The highest BCUT2D eigenvalue weighted by Gasteiger charge is 2.10. The Labute approximate surface area is 165 Å². The Morgan fingerprint density at radius 1 is 1.07 bits per heavy atom. The van der Waals surface area contributed by atoms with Crippen LogP contribution in [0.4, 0.5) is 0 Å². The predicted octanol–water partition coefficient (Wildman–Crippen LogP) is 1.95. The zero-order valence-corrected chi connectivity index (χ0v) is 16.7. The number of carbonyl (C=O) groups excluding carboxylic acids is 1. The van der Waals surface area contributed by atoms with Crippen molar-refractivity contribution in [2.24, 2.45) is 0 Å². The SMILES string of the molecule is COc1ccc(OC)c(/C=C/C(=O)NCCS(=O)(=O)NCc2ccccc2)c1. The van der Waals surface area contributed by atoms with Gasteiger partial charge in [-0.1, -0.05) is 30.3 Å². The van der Waals surface area contributed by atoms with Crippen molar-refractivity contribution >= 4 is 22.0 Å². The molecule has 0 bridgehead atoms. The lowest BCUT2D eigenvalue weighted by Gasteiger charge is -2.08. The molecule has 7 nitrogen and oxygen atoms in total. The van der Waals surface area contributed by atoms with Gasteiger partial charge in [0.1, 0.15) is 11.5 Å². The third kappa shape index (κ3) is 7.05. The number of hydrogen-bond acceptors (Lipinski definition) is 5. The molecule has 0 fully saturated rings. The number of nitrogens with one attached hydrogen (secondary N) is 2. The van der Waals surface area contributed by atoms with Gasteiger partial charge in [-0.05, 0) is 29.8 Å². The van der Waals surface area contributed by atoms with E-state index in [9.17, 15) is 13.2 Å². The van der Waals surface area contributed by atoms with Crippen LogP contribution in [0.2, 0.25) is 0 Å². The molecule has 0 radical (unpaired) electrons. The van der Waals surface area contributed by atoms with Crippen molar-refractivity contribution in [3.63, 3.8) is 0 Å². The van der Waals surface area contributed by atoms with E-state index in [-0.39, 0.29) is 18.8 Å². The van der Waals surface area contributed by atoms with Gasteiger partial charge < -0.3 is 14.8 Å². The van der Waals surface area contributed by atoms with Crippen molar-refractivity contribution in [1.29, 1.82) is 0 Å². The predicted molar refractivity (Wildman–Crippen MR) is 109 cm³/mol. The van der Waals surface area contributed by atoms with Gasteiger partial charge in [0.15, 0.2) is 0 Å². The van der Waals surface area contributed by atoms with Crippen LogP contribution in [-0.2, 0) is 21.4 Å². The maximum atomic E-state index is 12.0. The van der Waals surface area contributed by atoms with E-state index in [0.29, 0.717) is 17.1 Å². The molecule has 0 spiro atoms. The van der Waals surface area contributed by atoms with Crippen LogP contribution in [0.3, 0.4) is 0 Å². The Balaban J connectivity index is 1.83. The first-order valence-corrected chi connectivity index (χ1v) is 10.3. The maximum Gasteiger partial charge on any atom is 0.244 e. The lowest BCUT2D eigenvalue weighted by molar-refractivity contribution is -0.116. The fourth-order valence-electron chi connectivity index (χ4n) is 2.36. The van der Waals surface area contributed by atoms with Crippen molar-refractivity contribution in [2.45, 2.75) is 6.54 Å². The highest BCUT2D eigenvalue weighted by atomic mass is 32.2. The van der Waals surface area contributed by atoms with Gasteiger partial charge in [0.2, 0.25) is 15.9 Å². The smallest absolute Gasteiger partial charge is 0.244 e. The molecule has 2 rings (SSSR count). The summed E-state index contributed by atoms with van der Waals surface area (Å²) in [5.74, 6) is 0.624. The summed E-state index contributed by atoms with van der Waals surface area (Å²) < 4.78 is 36.9. The molecule has 0 aliphatic carbocycles. The molecule has 2 aromatic carbocycles. The number of ether oxygens (including phenoxy) is 2. The number of benzene rings is 2. The zero-order chi connectivity index (χ0) is 20.4. The zero-order valence-electron chi connectivity index (χ0n) is 15.8. The molecular weight excluding hydrogens is 380 g/mol. The van der Waals surface area contributed by atoms with Gasteiger partial charge in [0.25, 0.3) is 0 Å². The Kier molecular flexibility index (Phi) is 8.03. The van der Waals surface area contributed by atoms with Crippen molar-refractivity contribution in [1.82, 2.24) is 10.0 Å². The largest absolute Gasteiger partial charge is 0.497 e. The molecule has 1 amide bonds. The normalized spacial score (nSPS) is 11.4. The van der Waals surface area contributed by atoms with Crippen LogP contribution in [0.1, 0.15) is 11.1 Å². The van der Waals surface area contributed by atoms with Gasteiger partial charge >= 0.3 is 0 Å². The Bertz CT molecular complexity index is 911. The number of sulfonamides is 1. The summed E-state index contributed by atoms with van der Waals surface area (Å²) in [5, 5.41) is 2.56. The van der Waals surface area contributed by atoms with Crippen molar-refractivity contribution in [3.05, 3.63) is 65.7 Å². The van der Waals surface area contributed by atoms with E-state index in [4.69, 9.17) is 9.47 Å². The van der Waals surface area contributed by atoms with E-state index in [2.05, 4.69) is 10.0 Å². The molecule has 2 N–H and O–H groups in total. The molecule has 0 unspecified atom stereocenters. The molecule has 2 aromatic rings. The third-order valence-corrected chi connectivity index (χ3v) is 5.19. The highest BCUT2D eigenvalue weighted by molar-refractivity contribution is 7.89. The summed E-state index contributed by atoms with van der Waals surface area (Å²) in [6, 6.07) is 14.4. The molecule has 8 heteroatoms. The summed E-state index contributed by atoms with van der Waals surface area (Å²) in [7, 11) is -0.403. The van der Waals surface area contributed by atoms with E-state index in [1.165, 1.54) is 13.2 Å². The number of rotatable bonds is 10. The quantitative estimate of drug-likeness (QED) is 0.591. The Morgan fingerprint density at radius 2 is 1.82 bits per heavy atom. The van der Waals surface area contributed by atoms with Crippen molar-refractivity contribution in [2.75, 3.05) is 26.5 Å². The molecule has 28 heavy (non-hydrogen) atoms. The second-order valence-electron chi connectivity index (χ2n) is 5.86. The van der Waals surface area contributed by atoms with Gasteiger partial charge in [-0.25, -0.2) is 13.1 Å². The number of carbonyl (C=O) groups is 1. The summed E-state index contributed by atoms with van der Waals surface area (Å²) >= 11 is 0. The first kappa shape index (κ1) is 21.5. The van der Waals surface area contributed by atoms with Crippen LogP contribution in [0.25, 0.3) is 6.08 Å². The topological polar surface area (TPSA) is 93.7 Å². The molecule has 0 heterocycles. The number of methoxy groups -OCH3 is 2. The second kappa shape index (κ2) is 10.5. The molecule has 0 saturated heterocycles. The average molecular weight is 404 g/mol. The summed E-state index contributed by atoms with van der Waals surface area (Å²) in [5.41, 5.74) is 1.54. The van der Waals surface area contributed by atoms with E-state index < -0.39 is 15.9 Å². The van der Waals surface area contributed by atoms with E-state index in [1.807, 2.05) is 30.3 Å². The Morgan fingerprint density at radius 3 is 2.50 bits per heavy atom. The first-order valence-electron chi connectivity index (χ1n) is 8.63. The third-order valence-electron chi connectivity index (χ3n) is 3.86. The number of amides is 1. The van der Waals surface area contributed by atoms with Gasteiger partial charge in [-0.15, -0.1) is 0 Å². The van der Waals surface area contributed by atoms with Crippen LogP contribution in [-0.4, -0.2) is 40.8 Å². The number of hydrogen-bond donors (Lipinski definition) is 2. The lowest BCUT2D eigenvalue weighted by Crippen LogP contribution is -2.33. The van der Waals surface area contributed by atoms with Gasteiger partial charge in [0.05, 0.1) is 20.0 Å². The minimum absolute atomic E-state index is 0.00252. The van der Waals surface area contributed by atoms with Gasteiger partial charge in [-0.3, -0.25) is 4.79 Å². The molecular formula is C20H24N2O5S. The van der Waals surface area contributed by atoms with Crippen LogP contribution >= 0.6 is 0 Å². The lowest BCUT2D eigenvalue weighted by atomic mass is 10.1. The van der Waals surface area contributed by atoms with E-state index in [0.717, 1.165) is 5.56 Å². The summed E-state index contributed by atoms with van der Waals surface area (Å²) in [6.07, 6.45) is 2.90. The molecule has 0 atom stereocenters. The maximum absolute atomic E-state index is 12.0. The van der Waals surface area contributed by atoms with Crippen LogP contribution in [0.5, 0.6) is 11.5 Å². The molecule has 150 valence electrons. The van der Waals surface area contributed by atoms with E-state index in [1.54, 1.807) is 31.4 Å². The summed E-state index contributed by atoms with van der Waals surface area (Å²) in [4.78, 5) is 12.0. The Hall–Kier alpha value is -2.84. The van der Waals surface area contributed by atoms with Crippen molar-refractivity contribution < 1.29 is 22.7 Å². The molecule has 0 aliphatic rings. The van der Waals surface area contributed by atoms with Crippen LogP contribution in [0, 0.1) is 0 Å².